The van der Waals surface area contributed by atoms with Gasteiger partial charge in [0.2, 0.25) is 0 Å². The van der Waals surface area contributed by atoms with Gasteiger partial charge in [-0.2, -0.15) is 0 Å². The molecule has 0 aliphatic carbocycles. The van der Waals surface area contributed by atoms with E-state index < -0.39 is 6.10 Å². The lowest BCUT2D eigenvalue weighted by atomic mass is 10.0. The molecular formula is C12H10ClFN2O. The van der Waals surface area contributed by atoms with E-state index in [0.29, 0.717) is 16.1 Å². The Morgan fingerprint density at radius 1 is 1.29 bits per heavy atom. The largest absolute Gasteiger partial charge is 0.384 e. The van der Waals surface area contributed by atoms with Gasteiger partial charge in [-0.15, -0.1) is 0 Å². The van der Waals surface area contributed by atoms with E-state index in [1.54, 1.807) is 0 Å². The molecule has 3 N–H and O–H groups in total. The fourth-order valence-corrected chi connectivity index (χ4v) is 1.68. The molecule has 1 aromatic heterocycles. The van der Waals surface area contributed by atoms with Crippen LogP contribution in [-0.2, 0) is 0 Å². The third kappa shape index (κ3) is 2.54. The van der Waals surface area contributed by atoms with Gasteiger partial charge in [-0.05, 0) is 23.8 Å². The van der Waals surface area contributed by atoms with E-state index in [-0.39, 0.29) is 11.6 Å². The Bertz CT molecular complexity index is 531. The number of hydrogen-bond acceptors (Lipinski definition) is 3. The lowest BCUT2D eigenvalue weighted by Gasteiger charge is -2.13. The summed E-state index contributed by atoms with van der Waals surface area (Å²) < 4.78 is 12.8. The van der Waals surface area contributed by atoms with Crippen molar-refractivity contribution in [3.63, 3.8) is 0 Å². The molecule has 1 atom stereocenters. The van der Waals surface area contributed by atoms with Crippen molar-refractivity contribution >= 4 is 17.4 Å². The van der Waals surface area contributed by atoms with Crippen LogP contribution < -0.4 is 5.73 Å². The van der Waals surface area contributed by atoms with Gasteiger partial charge in [0.15, 0.2) is 0 Å². The molecule has 1 aromatic carbocycles. The van der Waals surface area contributed by atoms with Crippen molar-refractivity contribution in [2.24, 2.45) is 0 Å². The summed E-state index contributed by atoms with van der Waals surface area (Å²) >= 11 is 5.78. The molecule has 0 fully saturated rings. The average molecular weight is 253 g/mol. The van der Waals surface area contributed by atoms with Crippen LogP contribution in [0.15, 0.2) is 36.5 Å². The molecule has 2 aromatic rings. The van der Waals surface area contributed by atoms with Crippen molar-refractivity contribution in [1.82, 2.24) is 4.98 Å². The standard InChI is InChI=1S/C12H10ClFN2O/c13-8-5-10(12(15)16-6-8)11(17)7-1-3-9(14)4-2-7/h1-6,11,17H,(H2,15,16). The zero-order valence-corrected chi connectivity index (χ0v) is 9.53. The number of rotatable bonds is 2. The second-order valence-corrected chi connectivity index (χ2v) is 4.02. The molecule has 0 saturated carbocycles. The van der Waals surface area contributed by atoms with Gasteiger partial charge in [0.05, 0.1) is 5.02 Å². The molecule has 0 spiro atoms. The van der Waals surface area contributed by atoms with E-state index >= 15 is 0 Å². The predicted octanol–water partition coefficient (Wildman–Crippen LogP) is 2.54. The Hall–Kier alpha value is -1.65. The number of halogens is 2. The normalized spacial score (nSPS) is 12.4. The first-order chi connectivity index (χ1) is 8.08. The lowest BCUT2D eigenvalue weighted by molar-refractivity contribution is 0.220. The summed E-state index contributed by atoms with van der Waals surface area (Å²) in [6, 6.07) is 7.05. The van der Waals surface area contributed by atoms with Gasteiger partial charge in [0, 0.05) is 11.8 Å². The Kier molecular flexibility index (Phi) is 3.26. The Morgan fingerprint density at radius 3 is 2.59 bits per heavy atom. The van der Waals surface area contributed by atoms with Crippen LogP contribution in [0.5, 0.6) is 0 Å². The molecule has 0 aliphatic rings. The first-order valence-electron chi connectivity index (χ1n) is 4.92. The highest BCUT2D eigenvalue weighted by Gasteiger charge is 2.14. The van der Waals surface area contributed by atoms with E-state index in [4.69, 9.17) is 17.3 Å². The summed E-state index contributed by atoms with van der Waals surface area (Å²) in [5.41, 5.74) is 6.59. The van der Waals surface area contributed by atoms with Crippen molar-refractivity contribution < 1.29 is 9.50 Å². The van der Waals surface area contributed by atoms with Gasteiger partial charge in [-0.1, -0.05) is 23.7 Å². The number of nitrogen functional groups attached to an aromatic ring is 1. The van der Waals surface area contributed by atoms with Crippen molar-refractivity contribution in [1.29, 1.82) is 0 Å². The molecule has 17 heavy (non-hydrogen) atoms. The Balaban J connectivity index is 2.39. The third-order valence-corrected chi connectivity index (χ3v) is 2.60. The van der Waals surface area contributed by atoms with Crippen LogP contribution in [0.1, 0.15) is 17.2 Å². The van der Waals surface area contributed by atoms with Gasteiger partial charge < -0.3 is 10.8 Å². The second kappa shape index (κ2) is 4.69. The van der Waals surface area contributed by atoms with Gasteiger partial charge >= 0.3 is 0 Å². The number of nitrogens with zero attached hydrogens (tertiary/aromatic N) is 1. The molecule has 1 unspecified atom stereocenters. The number of aliphatic hydroxyl groups is 1. The zero-order valence-electron chi connectivity index (χ0n) is 8.77. The molecular weight excluding hydrogens is 243 g/mol. The minimum atomic E-state index is -0.971. The summed E-state index contributed by atoms with van der Waals surface area (Å²) in [6.07, 6.45) is 0.430. The molecule has 0 bridgehead atoms. The topological polar surface area (TPSA) is 59.1 Å². The maximum atomic E-state index is 12.8. The minimum Gasteiger partial charge on any atom is -0.384 e. The number of benzene rings is 1. The van der Waals surface area contributed by atoms with Crippen LogP contribution in [0.4, 0.5) is 10.2 Å². The molecule has 5 heteroatoms. The van der Waals surface area contributed by atoms with E-state index in [0.717, 1.165) is 0 Å². The molecule has 0 radical (unpaired) electrons. The quantitative estimate of drug-likeness (QED) is 0.864. The SMILES string of the molecule is Nc1ncc(Cl)cc1C(O)c1ccc(F)cc1. The molecule has 3 nitrogen and oxygen atoms in total. The monoisotopic (exact) mass is 252 g/mol. The summed E-state index contributed by atoms with van der Waals surface area (Å²) in [4.78, 5) is 3.85. The molecule has 1 heterocycles. The smallest absolute Gasteiger partial charge is 0.129 e. The van der Waals surface area contributed by atoms with Crippen molar-refractivity contribution in [3.05, 3.63) is 58.5 Å². The Morgan fingerprint density at radius 2 is 1.94 bits per heavy atom. The third-order valence-electron chi connectivity index (χ3n) is 2.40. The van der Waals surface area contributed by atoms with Crippen LogP contribution in [0.2, 0.25) is 5.02 Å². The number of aromatic nitrogens is 1. The second-order valence-electron chi connectivity index (χ2n) is 3.58. The van der Waals surface area contributed by atoms with Crippen molar-refractivity contribution in [2.75, 3.05) is 5.73 Å². The maximum Gasteiger partial charge on any atom is 0.129 e. The number of nitrogens with two attached hydrogens (primary N) is 1. The molecule has 0 saturated heterocycles. The van der Waals surface area contributed by atoms with Crippen LogP contribution in [0.25, 0.3) is 0 Å². The number of anilines is 1. The first-order valence-corrected chi connectivity index (χ1v) is 5.30. The predicted molar refractivity (Wildman–Crippen MR) is 64.1 cm³/mol. The summed E-state index contributed by atoms with van der Waals surface area (Å²) in [5.74, 6) is -0.163. The van der Waals surface area contributed by atoms with Gasteiger partial charge in [-0.3, -0.25) is 0 Å². The van der Waals surface area contributed by atoms with Crippen LogP contribution in [-0.4, -0.2) is 10.1 Å². The van der Waals surface area contributed by atoms with Crippen molar-refractivity contribution in [2.45, 2.75) is 6.10 Å². The lowest BCUT2D eigenvalue weighted by Crippen LogP contribution is -2.05. The van der Waals surface area contributed by atoms with Crippen LogP contribution in [0.3, 0.4) is 0 Å². The number of hydrogen-bond donors (Lipinski definition) is 2. The summed E-state index contributed by atoms with van der Waals surface area (Å²) in [6.45, 7) is 0. The van der Waals surface area contributed by atoms with Gasteiger partial charge in [0.25, 0.3) is 0 Å². The molecule has 2 rings (SSSR count). The van der Waals surface area contributed by atoms with Crippen molar-refractivity contribution in [3.8, 4) is 0 Å². The summed E-state index contributed by atoms with van der Waals surface area (Å²) in [7, 11) is 0. The minimum absolute atomic E-state index is 0.200. The van der Waals surface area contributed by atoms with E-state index in [9.17, 15) is 9.50 Å². The maximum absolute atomic E-state index is 12.8. The molecule has 88 valence electrons. The first kappa shape index (κ1) is 11.8. The fraction of sp³-hybridized carbons (Fsp3) is 0.0833. The van der Waals surface area contributed by atoms with Gasteiger partial charge in [-0.25, -0.2) is 9.37 Å². The zero-order chi connectivity index (χ0) is 12.4. The highest BCUT2D eigenvalue weighted by molar-refractivity contribution is 6.30. The highest BCUT2D eigenvalue weighted by atomic mass is 35.5. The fourth-order valence-electron chi connectivity index (χ4n) is 1.51. The van der Waals surface area contributed by atoms with Gasteiger partial charge in [0.1, 0.15) is 17.7 Å². The average Bonchev–Trinajstić information content (AvgIpc) is 2.32. The Labute approximate surface area is 103 Å². The number of pyridine rings is 1. The van der Waals surface area contributed by atoms with E-state index in [1.165, 1.54) is 36.5 Å². The number of aliphatic hydroxyl groups excluding tert-OH is 1. The molecule has 0 aliphatic heterocycles. The highest BCUT2D eigenvalue weighted by Crippen LogP contribution is 2.27. The van der Waals surface area contributed by atoms with E-state index in [1.807, 2.05) is 0 Å². The van der Waals surface area contributed by atoms with Crippen LogP contribution >= 0.6 is 11.6 Å². The van der Waals surface area contributed by atoms with E-state index in [2.05, 4.69) is 4.98 Å². The molecule has 0 amide bonds. The van der Waals surface area contributed by atoms with Crippen LogP contribution in [0, 0.1) is 5.82 Å². The summed E-state index contributed by atoms with van der Waals surface area (Å²) in [5, 5.41) is 10.5.